The van der Waals surface area contributed by atoms with Crippen molar-refractivity contribution in [3.8, 4) is 11.1 Å². The van der Waals surface area contributed by atoms with Crippen molar-refractivity contribution < 1.29 is 19.1 Å². The number of hydrogen-bond acceptors (Lipinski definition) is 5. The Labute approximate surface area is 251 Å². The molecule has 0 aliphatic rings. The van der Waals surface area contributed by atoms with Gasteiger partial charge in [-0.05, 0) is 71.0 Å². The Hall–Kier alpha value is -5.24. The zero-order valence-corrected chi connectivity index (χ0v) is 24.6. The number of anilines is 1. The molecule has 0 spiro atoms. The standard InChI is InChI=1S/C35H36N4O4/c1-35(2,3)19-20-38-32(40)25-15-18-28(30(21-25)34(42)43-22-23-9-5-4-6-10-23)27-11-7-8-12-29(27)33(41)39-26-16-13-24(14-17-26)31(36)37/h4-18,21H,19-20,22H2,1-3H3,(H3,36,37)(H,38,40)(H,39,41). The highest BCUT2D eigenvalue weighted by molar-refractivity contribution is 6.11. The van der Waals surface area contributed by atoms with Crippen molar-refractivity contribution in [3.63, 3.8) is 0 Å². The molecule has 0 atom stereocenters. The topological polar surface area (TPSA) is 134 Å². The van der Waals surface area contributed by atoms with Crippen LogP contribution in [-0.2, 0) is 11.3 Å². The molecule has 0 radical (unpaired) electrons. The molecule has 0 aliphatic carbocycles. The zero-order valence-electron chi connectivity index (χ0n) is 24.6. The van der Waals surface area contributed by atoms with Crippen LogP contribution in [-0.4, -0.2) is 30.2 Å². The minimum absolute atomic E-state index is 0.0551. The predicted octanol–water partition coefficient (Wildman–Crippen LogP) is 6.41. The van der Waals surface area contributed by atoms with Gasteiger partial charge in [-0.15, -0.1) is 0 Å². The molecule has 0 fully saturated rings. The summed E-state index contributed by atoms with van der Waals surface area (Å²) in [6.07, 6.45) is 0.794. The van der Waals surface area contributed by atoms with Crippen molar-refractivity contribution in [2.75, 3.05) is 11.9 Å². The van der Waals surface area contributed by atoms with E-state index >= 15 is 0 Å². The van der Waals surface area contributed by atoms with E-state index in [1.54, 1.807) is 60.7 Å². The van der Waals surface area contributed by atoms with Gasteiger partial charge in [0.25, 0.3) is 11.8 Å². The van der Waals surface area contributed by atoms with Gasteiger partial charge in [-0.2, -0.15) is 0 Å². The SMILES string of the molecule is CC(C)(C)CCNC(=O)c1ccc(-c2ccccc2C(=O)Nc2ccc(C(=N)N)cc2)c(C(=O)OCc2ccccc2)c1. The van der Waals surface area contributed by atoms with Crippen LogP contribution >= 0.6 is 0 Å². The third-order valence-corrected chi connectivity index (χ3v) is 6.79. The second kappa shape index (κ2) is 13.6. The zero-order chi connectivity index (χ0) is 31.0. The maximum atomic E-state index is 13.5. The molecule has 220 valence electrons. The van der Waals surface area contributed by atoms with E-state index in [1.807, 2.05) is 30.3 Å². The Balaban J connectivity index is 1.66. The van der Waals surface area contributed by atoms with Crippen LogP contribution in [0.15, 0.2) is 97.1 Å². The second-order valence-corrected chi connectivity index (χ2v) is 11.4. The molecular weight excluding hydrogens is 540 g/mol. The Morgan fingerprint density at radius 2 is 1.40 bits per heavy atom. The summed E-state index contributed by atoms with van der Waals surface area (Å²) in [6.45, 7) is 6.85. The summed E-state index contributed by atoms with van der Waals surface area (Å²) in [5, 5.41) is 13.4. The maximum absolute atomic E-state index is 13.5. The highest BCUT2D eigenvalue weighted by Gasteiger charge is 2.22. The summed E-state index contributed by atoms with van der Waals surface area (Å²) in [5.74, 6) is -1.37. The lowest BCUT2D eigenvalue weighted by molar-refractivity contribution is 0.0473. The normalized spacial score (nSPS) is 11.0. The van der Waals surface area contributed by atoms with Crippen LogP contribution in [0, 0.1) is 10.8 Å². The average molecular weight is 577 g/mol. The van der Waals surface area contributed by atoms with E-state index < -0.39 is 11.9 Å². The first-order chi connectivity index (χ1) is 20.5. The molecule has 0 saturated carbocycles. The number of nitrogen functional groups attached to an aromatic ring is 1. The van der Waals surface area contributed by atoms with Gasteiger partial charge in [0.15, 0.2) is 0 Å². The number of carbonyl (C=O) groups excluding carboxylic acids is 3. The molecular formula is C35H36N4O4. The highest BCUT2D eigenvalue weighted by Crippen LogP contribution is 2.30. The van der Waals surface area contributed by atoms with Crippen LogP contribution in [0.1, 0.15) is 69.4 Å². The van der Waals surface area contributed by atoms with Crippen LogP contribution in [0.25, 0.3) is 11.1 Å². The van der Waals surface area contributed by atoms with E-state index in [1.165, 1.54) is 6.07 Å². The number of benzene rings is 4. The fourth-order valence-corrected chi connectivity index (χ4v) is 4.39. The first-order valence-corrected chi connectivity index (χ1v) is 14.0. The monoisotopic (exact) mass is 576 g/mol. The van der Waals surface area contributed by atoms with Gasteiger partial charge in [-0.25, -0.2) is 4.79 Å². The van der Waals surface area contributed by atoms with E-state index in [-0.39, 0.29) is 29.3 Å². The first-order valence-electron chi connectivity index (χ1n) is 14.0. The maximum Gasteiger partial charge on any atom is 0.339 e. The van der Waals surface area contributed by atoms with Gasteiger partial charge in [0, 0.05) is 28.9 Å². The largest absolute Gasteiger partial charge is 0.457 e. The molecule has 2 amide bonds. The summed E-state index contributed by atoms with van der Waals surface area (Å²) in [5.41, 5.74) is 9.27. The highest BCUT2D eigenvalue weighted by atomic mass is 16.5. The number of esters is 1. The van der Waals surface area contributed by atoms with E-state index in [0.29, 0.717) is 40.0 Å². The Morgan fingerprint density at radius 1 is 0.767 bits per heavy atom. The lowest BCUT2D eigenvalue weighted by Crippen LogP contribution is -2.27. The van der Waals surface area contributed by atoms with Crippen LogP contribution < -0.4 is 16.4 Å². The number of rotatable bonds is 10. The number of nitrogens with one attached hydrogen (secondary N) is 3. The Morgan fingerprint density at radius 3 is 2.07 bits per heavy atom. The summed E-state index contributed by atoms with van der Waals surface area (Å²) < 4.78 is 5.66. The lowest BCUT2D eigenvalue weighted by atomic mass is 9.92. The number of hydrogen-bond donors (Lipinski definition) is 4. The van der Waals surface area contributed by atoms with Crippen molar-refractivity contribution in [2.45, 2.75) is 33.8 Å². The Bertz CT molecular complexity index is 1620. The lowest BCUT2D eigenvalue weighted by Gasteiger charge is -2.18. The minimum atomic E-state index is -0.613. The summed E-state index contributed by atoms with van der Waals surface area (Å²) in [7, 11) is 0. The van der Waals surface area contributed by atoms with Gasteiger partial charge in [-0.3, -0.25) is 15.0 Å². The molecule has 43 heavy (non-hydrogen) atoms. The molecule has 4 aromatic rings. The van der Waals surface area contributed by atoms with Crippen molar-refractivity contribution in [2.24, 2.45) is 11.1 Å². The quantitative estimate of drug-likeness (QED) is 0.0983. The van der Waals surface area contributed by atoms with Crippen molar-refractivity contribution in [1.82, 2.24) is 5.32 Å². The average Bonchev–Trinajstić information content (AvgIpc) is 2.99. The third-order valence-electron chi connectivity index (χ3n) is 6.79. The molecule has 8 nitrogen and oxygen atoms in total. The van der Waals surface area contributed by atoms with E-state index in [4.69, 9.17) is 15.9 Å². The fraction of sp³-hybridized carbons (Fsp3) is 0.200. The summed E-state index contributed by atoms with van der Waals surface area (Å²) in [4.78, 5) is 40.0. The van der Waals surface area contributed by atoms with Crippen LogP contribution in [0.3, 0.4) is 0 Å². The molecule has 0 aliphatic heterocycles. The third kappa shape index (κ3) is 8.39. The molecule has 0 saturated heterocycles. The van der Waals surface area contributed by atoms with Gasteiger partial charge in [0.1, 0.15) is 12.4 Å². The summed E-state index contributed by atoms with van der Waals surface area (Å²) >= 11 is 0. The van der Waals surface area contributed by atoms with Gasteiger partial charge < -0.3 is 21.1 Å². The molecule has 0 heterocycles. The number of amides is 2. The molecule has 8 heteroatoms. The van der Waals surface area contributed by atoms with Gasteiger partial charge in [-0.1, -0.05) is 75.4 Å². The minimum Gasteiger partial charge on any atom is -0.457 e. The number of amidine groups is 1. The van der Waals surface area contributed by atoms with Gasteiger partial charge >= 0.3 is 5.97 Å². The molecule has 0 unspecified atom stereocenters. The van der Waals surface area contributed by atoms with E-state index in [0.717, 1.165) is 12.0 Å². The van der Waals surface area contributed by atoms with Crippen molar-refractivity contribution >= 4 is 29.3 Å². The first kappa shape index (κ1) is 30.7. The number of carbonyl (C=O) groups is 3. The summed E-state index contributed by atoms with van der Waals surface area (Å²) in [6, 6.07) is 27.7. The Kier molecular flexibility index (Phi) is 9.72. The molecule has 4 rings (SSSR count). The van der Waals surface area contributed by atoms with Crippen molar-refractivity contribution in [3.05, 3.63) is 125 Å². The van der Waals surface area contributed by atoms with Crippen LogP contribution in [0.5, 0.6) is 0 Å². The van der Waals surface area contributed by atoms with Gasteiger partial charge in [0.05, 0.1) is 5.56 Å². The van der Waals surface area contributed by atoms with Crippen LogP contribution in [0.2, 0.25) is 0 Å². The predicted molar refractivity (Wildman–Crippen MR) is 169 cm³/mol. The molecule has 4 aromatic carbocycles. The van der Waals surface area contributed by atoms with Gasteiger partial charge in [0.2, 0.25) is 0 Å². The molecule has 0 aromatic heterocycles. The second-order valence-electron chi connectivity index (χ2n) is 11.4. The molecule has 0 bridgehead atoms. The van der Waals surface area contributed by atoms with Crippen LogP contribution in [0.4, 0.5) is 5.69 Å². The van der Waals surface area contributed by atoms with Crippen molar-refractivity contribution in [1.29, 1.82) is 5.41 Å². The smallest absolute Gasteiger partial charge is 0.339 e. The van der Waals surface area contributed by atoms with E-state index in [9.17, 15) is 14.4 Å². The fourth-order valence-electron chi connectivity index (χ4n) is 4.39. The van der Waals surface area contributed by atoms with E-state index in [2.05, 4.69) is 31.4 Å². The number of nitrogens with two attached hydrogens (primary N) is 1. The molecule has 5 N–H and O–H groups in total. The number of ether oxygens (including phenoxy) is 1.